The number of rotatable bonds is 5. The van der Waals surface area contributed by atoms with Gasteiger partial charge in [0, 0.05) is 31.6 Å². The number of carboxylic acids is 1. The Morgan fingerprint density at radius 1 is 1.06 bits per heavy atom. The maximum Gasteiger partial charge on any atom is 0.323 e. The minimum atomic E-state index is -0.969. The van der Waals surface area contributed by atoms with Crippen LogP contribution in [0.1, 0.15) is 0 Å². The molecule has 13 heteroatoms. The van der Waals surface area contributed by atoms with Crippen molar-refractivity contribution in [3.05, 3.63) is 43.0 Å². The number of anilines is 3. The van der Waals surface area contributed by atoms with Gasteiger partial charge in [0.15, 0.2) is 22.1 Å². The first-order chi connectivity index (χ1) is 16.6. The van der Waals surface area contributed by atoms with E-state index in [0.717, 1.165) is 29.0 Å². The zero-order valence-electron chi connectivity index (χ0n) is 17.9. The average molecular weight is 477 g/mol. The summed E-state index contributed by atoms with van der Waals surface area (Å²) >= 11 is 1.47. The summed E-state index contributed by atoms with van der Waals surface area (Å²) in [6.07, 6.45) is 5.05. The van der Waals surface area contributed by atoms with Crippen molar-refractivity contribution < 1.29 is 9.90 Å². The van der Waals surface area contributed by atoms with Crippen LogP contribution >= 0.6 is 11.3 Å². The van der Waals surface area contributed by atoms with Gasteiger partial charge in [0.1, 0.15) is 11.5 Å². The maximum absolute atomic E-state index is 11.4. The Hall–Kier alpha value is -4.26. The van der Waals surface area contributed by atoms with E-state index in [-0.39, 0.29) is 6.54 Å². The first kappa shape index (κ1) is 20.4. The predicted octanol–water partition coefficient (Wildman–Crippen LogP) is 1.62. The van der Waals surface area contributed by atoms with Gasteiger partial charge in [-0.05, 0) is 6.07 Å². The largest absolute Gasteiger partial charge is 0.480 e. The molecule has 1 saturated heterocycles. The molecule has 1 aromatic carbocycles. The van der Waals surface area contributed by atoms with Crippen LogP contribution in [0.3, 0.4) is 0 Å². The third-order valence-corrected chi connectivity index (χ3v) is 6.69. The summed E-state index contributed by atoms with van der Waals surface area (Å²) in [6.45, 7) is 2.66. The number of thiazole rings is 1. The smallest absolute Gasteiger partial charge is 0.323 e. The Morgan fingerprint density at radius 2 is 1.85 bits per heavy atom. The molecule has 3 N–H and O–H groups in total. The predicted molar refractivity (Wildman–Crippen MR) is 129 cm³/mol. The van der Waals surface area contributed by atoms with Crippen LogP contribution in [0, 0.1) is 0 Å². The third kappa shape index (κ3) is 3.46. The number of piperazine rings is 1. The third-order valence-electron chi connectivity index (χ3n) is 5.80. The molecule has 12 nitrogen and oxygen atoms in total. The number of imidazole rings is 1. The summed E-state index contributed by atoms with van der Waals surface area (Å²) in [4.78, 5) is 33.9. The molecule has 0 saturated carbocycles. The van der Waals surface area contributed by atoms with Gasteiger partial charge in [0.05, 0.1) is 24.2 Å². The van der Waals surface area contributed by atoms with Crippen molar-refractivity contribution in [3.63, 3.8) is 0 Å². The molecule has 5 heterocycles. The molecule has 1 fully saturated rings. The van der Waals surface area contributed by atoms with Crippen molar-refractivity contribution in [2.75, 3.05) is 41.7 Å². The molecule has 0 unspecified atom stereocenters. The Labute approximate surface area is 196 Å². The van der Waals surface area contributed by atoms with Crippen molar-refractivity contribution in [2.24, 2.45) is 0 Å². The highest BCUT2D eigenvalue weighted by Crippen LogP contribution is 2.28. The van der Waals surface area contributed by atoms with Crippen LogP contribution in [0.15, 0.2) is 43.0 Å². The van der Waals surface area contributed by atoms with Gasteiger partial charge in [-0.15, -0.1) is 0 Å². The maximum atomic E-state index is 11.4. The molecule has 5 aromatic rings. The SMILES string of the molecule is Nc1ncc(N2CCN(c3nc(-n4ncc5ccccc54)c4ncn(CC(=O)O)c4n3)CC2)s1. The number of para-hydroxylation sites is 1. The molecule has 172 valence electrons. The highest BCUT2D eigenvalue weighted by atomic mass is 32.1. The molecule has 1 aliphatic heterocycles. The summed E-state index contributed by atoms with van der Waals surface area (Å²) in [5.74, 6) is 0.0590. The van der Waals surface area contributed by atoms with Crippen molar-refractivity contribution in [1.82, 2.24) is 34.3 Å². The molecular formula is C21H20N10O2S. The van der Waals surface area contributed by atoms with Gasteiger partial charge in [-0.2, -0.15) is 15.1 Å². The number of aliphatic carboxylic acids is 1. The van der Waals surface area contributed by atoms with Crippen molar-refractivity contribution in [3.8, 4) is 5.82 Å². The molecule has 0 bridgehead atoms. The number of nitrogens with zero attached hydrogens (tertiary/aromatic N) is 9. The second-order valence-corrected chi connectivity index (χ2v) is 8.95. The van der Waals surface area contributed by atoms with Crippen LogP contribution in [0.2, 0.25) is 0 Å². The van der Waals surface area contributed by atoms with E-state index in [0.29, 0.717) is 41.2 Å². The summed E-state index contributed by atoms with van der Waals surface area (Å²) in [5, 5.41) is 16.5. The average Bonchev–Trinajstić information content (AvgIpc) is 3.57. The first-order valence-electron chi connectivity index (χ1n) is 10.7. The quantitative estimate of drug-likeness (QED) is 0.384. The van der Waals surface area contributed by atoms with Gasteiger partial charge in [0.25, 0.3) is 0 Å². The summed E-state index contributed by atoms with van der Waals surface area (Å²) < 4.78 is 3.26. The molecule has 0 spiro atoms. The highest BCUT2D eigenvalue weighted by Gasteiger charge is 2.24. The van der Waals surface area contributed by atoms with Gasteiger partial charge in [-0.25, -0.2) is 14.6 Å². The van der Waals surface area contributed by atoms with Crippen LogP contribution in [-0.4, -0.2) is 71.5 Å². The normalized spacial score (nSPS) is 14.4. The van der Waals surface area contributed by atoms with E-state index in [1.165, 1.54) is 22.2 Å². The lowest BCUT2D eigenvalue weighted by Gasteiger charge is -2.35. The number of nitrogen functional groups attached to an aromatic ring is 1. The molecule has 4 aromatic heterocycles. The topological polar surface area (TPSA) is 144 Å². The number of benzene rings is 1. The van der Waals surface area contributed by atoms with Gasteiger partial charge < -0.3 is 25.2 Å². The number of fused-ring (bicyclic) bond motifs is 2. The zero-order valence-corrected chi connectivity index (χ0v) is 18.8. The number of nitrogens with two attached hydrogens (primary N) is 1. The standard InChI is InChI=1S/C21H20N10O2S/c22-20-23-10-15(34-20)28-5-7-29(8-6-28)21-26-18-17(24-12-30(18)11-16(32)33)19(27-21)31-14-4-2-1-3-13(14)9-25-31/h1-4,9-10,12H,5-8,11H2,(H2,22,23)(H,32,33). The van der Waals surface area contributed by atoms with Crippen molar-refractivity contribution >= 4 is 55.5 Å². The zero-order chi connectivity index (χ0) is 23.2. The van der Waals surface area contributed by atoms with Crippen LogP contribution in [0.5, 0.6) is 0 Å². The highest BCUT2D eigenvalue weighted by molar-refractivity contribution is 7.19. The van der Waals surface area contributed by atoms with E-state index in [1.807, 2.05) is 24.3 Å². The lowest BCUT2D eigenvalue weighted by molar-refractivity contribution is -0.137. The molecule has 0 amide bonds. The summed E-state index contributed by atoms with van der Waals surface area (Å²) in [5.41, 5.74) is 7.63. The number of aromatic nitrogens is 7. The monoisotopic (exact) mass is 476 g/mol. The van der Waals surface area contributed by atoms with E-state index in [1.54, 1.807) is 17.1 Å². The number of carboxylic acid groups (broad SMARTS) is 1. The molecule has 0 radical (unpaired) electrons. The Balaban J connectivity index is 1.41. The van der Waals surface area contributed by atoms with E-state index in [4.69, 9.17) is 15.7 Å². The number of hydrogen-bond acceptors (Lipinski definition) is 10. The van der Waals surface area contributed by atoms with Crippen LogP contribution in [0.4, 0.5) is 16.1 Å². The summed E-state index contributed by atoms with van der Waals surface area (Å²) in [7, 11) is 0. The van der Waals surface area contributed by atoms with E-state index < -0.39 is 5.97 Å². The van der Waals surface area contributed by atoms with Crippen molar-refractivity contribution in [2.45, 2.75) is 6.54 Å². The van der Waals surface area contributed by atoms with E-state index in [9.17, 15) is 9.90 Å². The van der Waals surface area contributed by atoms with Gasteiger partial charge in [-0.3, -0.25) is 4.79 Å². The first-order valence-corrected chi connectivity index (χ1v) is 11.5. The van der Waals surface area contributed by atoms with Crippen LogP contribution < -0.4 is 15.5 Å². The molecule has 1 aliphatic rings. The van der Waals surface area contributed by atoms with Crippen LogP contribution in [-0.2, 0) is 11.3 Å². The van der Waals surface area contributed by atoms with E-state index >= 15 is 0 Å². The second-order valence-electron chi connectivity index (χ2n) is 7.91. The fraction of sp³-hybridized carbons (Fsp3) is 0.238. The Bertz CT molecular complexity index is 1510. The summed E-state index contributed by atoms with van der Waals surface area (Å²) in [6, 6.07) is 7.83. The van der Waals surface area contributed by atoms with Crippen molar-refractivity contribution in [1.29, 1.82) is 0 Å². The van der Waals surface area contributed by atoms with Gasteiger partial charge in [0.2, 0.25) is 5.95 Å². The lowest BCUT2D eigenvalue weighted by atomic mass is 10.2. The van der Waals surface area contributed by atoms with E-state index in [2.05, 4.69) is 24.9 Å². The van der Waals surface area contributed by atoms with Gasteiger partial charge in [-0.1, -0.05) is 29.5 Å². The number of carbonyl (C=O) groups is 1. The molecular weight excluding hydrogens is 456 g/mol. The molecule has 0 atom stereocenters. The fourth-order valence-corrected chi connectivity index (χ4v) is 4.90. The van der Waals surface area contributed by atoms with Crippen LogP contribution in [0.25, 0.3) is 27.9 Å². The molecule has 0 aliphatic carbocycles. The Morgan fingerprint density at radius 3 is 2.62 bits per heavy atom. The minimum Gasteiger partial charge on any atom is -0.480 e. The molecule has 34 heavy (non-hydrogen) atoms. The number of hydrogen-bond donors (Lipinski definition) is 2. The van der Waals surface area contributed by atoms with Gasteiger partial charge >= 0.3 is 5.97 Å². The lowest BCUT2D eigenvalue weighted by Crippen LogP contribution is -2.47. The molecule has 6 rings (SSSR count). The minimum absolute atomic E-state index is 0.243. The second kappa shape index (κ2) is 7.95. The Kier molecular flexibility index (Phi) is 4.76. The fourth-order valence-electron chi connectivity index (χ4n) is 4.16.